The van der Waals surface area contributed by atoms with Gasteiger partial charge in [-0.2, -0.15) is 0 Å². The van der Waals surface area contributed by atoms with Crippen molar-refractivity contribution in [3.05, 3.63) is 35.1 Å². The number of hydrogen-bond donors (Lipinski definition) is 1. The summed E-state index contributed by atoms with van der Waals surface area (Å²) < 4.78 is 2.06. The molecule has 3 heteroatoms. The molecule has 3 nitrogen and oxygen atoms in total. The first kappa shape index (κ1) is 9.58. The SMILES string of the molecule is Cc1ccc2c(=N)n3c(nc2c1)CCCC3. The van der Waals surface area contributed by atoms with Crippen molar-refractivity contribution in [2.45, 2.75) is 32.7 Å². The molecule has 1 aliphatic rings. The van der Waals surface area contributed by atoms with Gasteiger partial charge in [-0.05, 0) is 37.5 Å². The van der Waals surface area contributed by atoms with Crippen LogP contribution in [0.2, 0.25) is 0 Å². The summed E-state index contributed by atoms with van der Waals surface area (Å²) in [5, 5.41) is 9.18. The summed E-state index contributed by atoms with van der Waals surface area (Å²) in [6.07, 6.45) is 3.38. The molecule has 0 bridgehead atoms. The Hall–Kier alpha value is -1.64. The first-order valence-corrected chi connectivity index (χ1v) is 5.80. The van der Waals surface area contributed by atoms with Crippen LogP contribution < -0.4 is 5.49 Å². The number of fused-ring (bicyclic) bond motifs is 2. The molecular formula is C13H15N3. The Balaban J connectivity index is 2.39. The Morgan fingerprint density at radius 3 is 3.06 bits per heavy atom. The summed E-state index contributed by atoms with van der Waals surface area (Å²) in [5.74, 6) is 1.08. The van der Waals surface area contributed by atoms with E-state index < -0.39 is 0 Å². The molecule has 16 heavy (non-hydrogen) atoms. The van der Waals surface area contributed by atoms with Crippen molar-refractivity contribution in [3.8, 4) is 0 Å². The average molecular weight is 213 g/mol. The zero-order chi connectivity index (χ0) is 11.1. The molecule has 0 unspecified atom stereocenters. The highest BCUT2D eigenvalue weighted by atomic mass is 15.1. The minimum atomic E-state index is 0.625. The lowest BCUT2D eigenvalue weighted by Crippen LogP contribution is -2.28. The molecule has 82 valence electrons. The predicted octanol–water partition coefficient (Wildman–Crippen LogP) is 2.16. The van der Waals surface area contributed by atoms with Gasteiger partial charge < -0.3 is 4.57 Å². The summed E-state index contributed by atoms with van der Waals surface area (Å²) in [6, 6.07) is 6.14. The molecule has 3 rings (SSSR count). The summed E-state index contributed by atoms with van der Waals surface area (Å²) >= 11 is 0. The second kappa shape index (κ2) is 3.44. The van der Waals surface area contributed by atoms with E-state index in [0.29, 0.717) is 5.49 Å². The Morgan fingerprint density at radius 1 is 1.31 bits per heavy atom. The number of benzene rings is 1. The van der Waals surface area contributed by atoms with Crippen LogP contribution in [0.4, 0.5) is 0 Å². The van der Waals surface area contributed by atoms with Gasteiger partial charge in [-0.25, -0.2) is 4.98 Å². The highest BCUT2D eigenvalue weighted by Gasteiger charge is 2.12. The van der Waals surface area contributed by atoms with Crippen molar-refractivity contribution in [2.75, 3.05) is 0 Å². The zero-order valence-electron chi connectivity index (χ0n) is 9.45. The van der Waals surface area contributed by atoms with E-state index in [1.807, 2.05) is 6.07 Å². The molecule has 0 atom stereocenters. The Bertz CT molecular complexity index is 610. The fourth-order valence-corrected chi connectivity index (χ4v) is 2.39. The van der Waals surface area contributed by atoms with Gasteiger partial charge in [-0.3, -0.25) is 5.41 Å². The predicted molar refractivity (Wildman–Crippen MR) is 63.3 cm³/mol. The summed E-state index contributed by atoms with van der Waals surface area (Å²) in [7, 11) is 0. The maximum atomic E-state index is 8.21. The zero-order valence-corrected chi connectivity index (χ0v) is 9.45. The van der Waals surface area contributed by atoms with E-state index >= 15 is 0 Å². The maximum Gasteiger partial charge on any atom is 0.135 e. The molecule has 0 saturated carbocycles. The van der Waals surface area contributed by atoms with Crippen LogP contribution in [-0.2, 0) is 13.0 Å². The molecule has 1 N–H and O–H groups in total. The largest absolute Gasteiger partial charge is 0.314 e. The smallest absolute Gasteiger partial charge is 0.135 e. The van der Waals surface area contributed by atoms with Crippen LogP contribution >= 0.6 is 0 Å². The van der Waals surface area contributed by atoms with Crippen LogP contribution in [0.5, 0.6) is 0 Å². The van der Waals surface area contributed by atoms with Crippen LogP contribution in [0, 0.1) is 12.3 Å². The summed E-state index contributed by atoms with van der Waals surface area (Å²) in [5.41, 5.74) is 2.80. The molecule has 1 aliphatic heterocycles. The van der Waals surface area contributed by atoms with Crippen molar-refractivity contribution < 1.29 is 0 Å². The van der Waals surface area contributed by atoms with Gasteiger partial charge in [0.05, 0.1) is 5.52 Å². The molecule has 0 spiro atoms. The molecule has 2 aromatic rings. The molecule has 0 amide bonds. The lowest BCUT2D eigenvalue weighted by atomic mass is 10.1. The Morgan fingerprint density at radius 2 is 2.19 bits per heavy atom. The number of nitrogens with zero attached hydrogens (tertiary/aromatic N) is 2. The van der Waals surface area contributed by atoms with E-state index in [-0.39, 0.29) is 0 Å². The average Bonchev–Trinajstić information content (AvgIpc) is 2.29. The molecular weight excluding hydrogens is 198 g/mol. The molecule has 0 radical (unpaired) electrons. The highest BCUT2D eigenvalue weighted by Crippen LogP contribution is 2.15. The van der Waals surface area contributed by atoms with Gasteiger partial charge in [0.2, 0.25) is 0 Å². The number of hydrogen-bond acceptors (Lipinski definition) is 2. The molecule has 1 aromatic carbocycles. The van der Waals surface area contributed by atoms with Crippen LogP contribution in [0.15, 0.2) is 18.2 Å². The quantitative estimate of drug-likeness (QED) is 0.716. The van der Waals surface area contributed by atoms with Gasteiger partial charge in [0.15, 0.2) is 0 Å². The first-order valence-electron chi connectivity index (χ1n) is 5.80. The normalized spacial score (nSPS) is 15.1. The lowest BCUT2D eigenvalue weighted by molar-refractivity contribution is 0.493. The molecule has 0 aliphatic carbocycles. The fourth-order valence-electron chi connectivity index (χ4n) is 2.39. The third-order valence-electron chi connectivity index (χ3n) is 3.27. The topological polar surface area (TPSA) is 41.7 Å². The van der Waals surface area contributed by atoms with Crippen LogP contribution in [0.3, 0.4) is 0 Å². The summed E-state index contributed by atoms with van der Waals surface area (Å²) in [4.78, 5) is 4.68. The van der Waals surface area contributed by atoms with Gasteiger partial charge in [0.1, 0.15) is 11.3 Å². The Kier molecular flexibility index (Phi) is 2.06. The number of rotatable bonds is 0. The highest BCUT2D eigenvalue weighted by molar-refractivity contribution is 5.77. The van der Waals surface area contributed by atoms with Crippen LogP contribution in [-0.4, -0.2) is 9.55 Å². The number of aromatic nitrogens is 2. The third kappa shape index (κ3) is 1.35. The van der Waals surface area contributed by atoms with Crippen LogP contribution in [0.1, 0.15) is 24.2 Å². The van der Waals surface area contributed by atoms with E-state index in [4.69, 9.17) is 5.41 Å². The van der Waals surface area contributed by atoms with E-state index in [0.717, 1.165) is 29.7 Å². The molecule has 0 saturated heterocycles. The van der Waals surface area contributed by atoms with Gasteiger partial charge in [0.25, 0.3) is 0 Å². The standard InChI is InChI=1S/C13H15N3/c1-9-5-6-10-11(8-9)15-12-4-2-3-7-16(12)13(10)14/h5-6,8,14H,2-4,7H2,1H3. The summed E-state index contributed by atoms with van der Waals surface area (Å²) in [6.45, 7) is 3.02. The lowest BCUT2D eigenvalue weighted by Gasteiger charge is -2.19. The number of aryl methyl sites for hydroxylation is 2. The maximum absolute atomic E-state index is 8.21. The first-order chi connectivity index (χ1) is 7.75. The van der Waals surface area contributed by atoms with Gasteiger partial charge in [0, 0.05) is 18.4 Å². The van der Waals surface area contributed by atoms with Gasteiger partial charge in [-0.1, -0.05) is 6.07 Å². The van der Waals surface area contributed by atoms with Gasteiger partial charge >= 0.3 is 0 Å². The van der Waals surface area contributed by atoms with Crippen molar-refractivity contribution in [2.24, 2.45) is 0 Å². The Labute approximate surface area is 94.3 Å². The fraction of sp³-hybridized carbons (Fsp3) is 0.385. The van der Waals surface area contributed by atoms with Crippen LogP contribution in [0.25, 0.3) is 10.9 Å². The van der Waals surface area contributed by atoms with Gasteiger partial charge in [-0.15, -0.1) is 0 Å². The third-order valence-corrected chi connectivity index (χ3v) is 3.27. The molecule has 0 fully saturated rings. The monoisotopic (exact) mass is 213 g/mol. The van der Waals surface area contributed by atoms with Crippen molar-refractivity contribution >= 4 is 10.9 Å². The second-order valence-corrected chi connectivity index (χ2v) is 4.51. The number of nitrogens with one attached hydrogen (secondary N) is 1. The minimum absolute atomic E-state index is 0.625. The molecule has 1 aromatic heterocycles. The van der Waals surface area contributed by atoms with E-state index in [1.165, 1.54) is 18.4 Å². The van der Waals surface area contributed by atoms with E-state index in [2.05, 4.69) is 28.6 Å². The van der Waals surface area contributed by atoms with Crippen molar-refractivity contribution in [1.29, 1.82) is 5.41 Å². The van der Waals surface area contributed by atoms with Crippen molar-refractivity contribution in [3.63, 3.8) is 0 Å². The van der Waals surface area contributed by atoms with E-state index in [9.17, 15) is 0 Å². The second-order valence-electron chi connectivity index (χ2n) is 4.51. The van der Waals surface area contributed by atoms with Crippen molar-refractivity contribution in [1.82, 2.24) is 9.55 Å². The minimum Gasteiger partial charge on any atom is -0.314 e. The van der Waals surface area contributed by atoms with E-state index in [1.54, 1.807) is 0 Å². The molecule has 2 heterocycles.